The van der Waals surface area contributed by atoms with E-state index in [0.717, 1.165) is 23.2 Å². The van der Waals surface area contributed by atoms with Crippen LogP contribution in [0.2, 0.25) is 0 Å². The molecular weight excluding hydrogens is 412 g/mol. The van der Waals surface area contributed by atoms with Gasteiger partial charge in [-0.05, 0) is 60.4 Å². The maximum Gasteiger partial charge on any atom is 0.253 e. The first-order chi connectivity index (χ1) is 15.7. The third-order valence-electron chi connectivity index (χ3n) is 6.76. The summed E-state index contributed by atoms with van der Waals surface area (Å²) in [4.78, 5) is 14.6. The number of para-hydroxylation sites is 1. The highest BCUT2D eigenvalue weighted by Crippen LogP contribution is 2.50. The van der Waals surface area contributed by atoms with Crippen molar-refractivity contribution < 1.29 is 4.79 Å². The number of rotatable bonds is 5. The second-order valence-corrected chi connectivity index (χ2v) is 9.50. The van der Waals surface area contributed by atoms with E-state index in [1.165, 1.54) is 16.0 Å². The molecule has 0 aromatic heterocycles. The van der Waals surface area contributed by atoms with Gasteiger partial charge < -0.3 is 10.6 Å². The maximum atomic E-state index is 13.3. The summed E-state index contributed by atoms with van der Waals surface area (Å²) in [5.74, 6) is 0.752. The van der Waals surface area contributed by atoms with Crippen molar-refractivity contribution in [2.24, 2.45) is 5.92 Å². The molecule has 2 N–H and O–H groups in total. The van der Waals surface area contributed by atoms with E-state index in [1.54, 1.807) is 11.8 Å². The Morgan fingerprint density at radius 3 is 2.56 bits per heavy atom. The molecule has 3 aromatic carbocycles. The molecule has 1 aliphatic heterocycles. The van der Waals surface area contributed by atoms with Gasteiger partial charge in [0.15, 0.2) is 0 Å². The Morgan fingerprint density at radius 1 is 1.03 bits per heavy atom. The highest BCUT2D eigenvalue weighted by molar-refractivity contribution is 7.98. The van der Waals surface area contributed by atoms with Crippen LogP contribution in [-0.2, 0) is 0 Å². The van der Waals surface area contributed by atoms with Crippen LogP contribution in [0, 0.1) is 5.92 Å². The molecule has 1 heterocycles. The van der Waals surface area contributed by atoms with Gasteiger partial charge >= 0.3 is 0 Å². The molecule has 3 aromatic rings. The van der Waals surface area contributed by atoms with Gasteiger partial charge in [-0.25, -0.2) is 0 Å². The van der Waals surface area contributed by atoms with Crippen molar-refractivity contribution in [2.75, 3.05) is 11.6 Å². The molecule has 4 heteroatoms. The van der Waals surface area contributed by atoms with E-state index in [-0.39, 0.29) is 18.0 Å². The third kappa shape index (κ3) is 3.84. The minimum absolute atomic E-state index is 0.0392. The van der Waals surface area contributed by atoms with Crippen LogP contribution in [0.25, 0.3) is 0 Å². The molecule has 2 aliphatic rings. The minimum atomic E-state index is -0.0582. The summed E-state index contributed by atoms with van der Waals surface area (Å²) in [5.41, 5.74) is 5.29. The van der Waals surface area contributed by atoms with Crippen molar-refractivity contribution in [3.05, 3.63) is 107 Å². The summed E-state index contributed by atoms with van der Waals surface area (Å²) in [6.45, 7) is 2.03. The average Bonchev–Trinajstić information content (AvgIpc) is 3.34. The fourth-order valence-corrected chi connectivity index (χ4v) is 5.46. The summed E-state index contributed by atoms with van der Waals surface area (Å²) >= 11 is 1.76. The van der Waals surface area contributed by atoms with Crippen molar-refractivity contribution in [1.82, 2.24) is 5.32 Å². The largest absolute Gasteiger partial charge is 0.377 e. The molecule has 1 amide bonds. The summed E-state index contributed by atoms with van der Waals surface area (Å²) in [5, 5.41) is 6.97. The molecule has 4 atom stereocenters. The van der Waals surface area contributed by atoms with E-state index in [4.69, 9.17) is 0 Å². The number of hydrogen-bond acceptors (Lipinski definition) is 3. The number of allylic oxidation sites excluding steroid dienone is 2. The number of anilines is 1. The van der Waals surface area contributed by atoms with Crippen LogP contribution in [-0.4, -0.2) is 12.2 Å². The quantitative estimate of drug-likeness (QED) is 0.341. The number of amides is 1. The monoisotopic (exact) mass is 440 g/mol. The summed E-state index contributed by atoms with van der Waals surface area (Å²) in [6, 6.07) is 25.2. The van der Waals surface area contributed by atoms with Crippen LogP contribution in [0.3, 0.4) is 0 Å². The molecule has 1 aliphatic carbocycles. The first-order valence-corrected chi connectivity index (χ1v) is 12.4. The van der Waals surface area contributed by atoms with Crippen molar-refractivity contribution in [3.8, 4) is 0 Å². The topological polar surface area (TPSA) is 41.1 Å². The Bertz CT molecular complexity index is 1140. The van der Waals surface area contributed by atoms with Crippen LogP contribution in [0.15, 0.2) is 89.8 Å². The number of carbonyl (C=O) groups is 1. The standard InChI is InChI=1S/C28H28N2OS/c1-18(19-8-4-3-5-9-19)29-28(31)25-13-7-12-24-22-10-6-11-23(22)26(30-27(24)25)20-14-16-21(32-2)17-15-20/h3-10,12-18,22-23,26,30H,11H2,1-2H3,(H,29,31). The van der Waals surface area contributed by atoms with Gasteiger partial charge in [0.2, 0.25) is 0 Å². The molecule has 0 bridgehead atoms. The van der Waals surface area contributed by atoms with Crippen LogP contribution in [0.1, 0.15) is 58.4 Å². The lowest BCUT2D eigenvalue weighted by Gasteiger charge is -2.38. The second-order valence-electron chi connectivity index (χ2n) is 8.62. The lowest BCUT2D eigenvalue weighted by molar-refractivity contribution is 0.0940. The molecule has 0 spiro atoms. The predicted molar refractivity (Wildman–Crippen MR) is 133 cm³/mol. The van der Waals surface area contributed by atoms with E-state index in [1.807, 2.05) is 49.4 Å². The van der Waals surface area contributed by atoms with E-state index >= 15 is 0 Å². The van der Waals surface area contributed by atoms with Crippen LogP contribution < -0.4 is 10.6 Å². The predicted octanol–water partition coefficient (Wildman–Crippen LogP) is 6.73. The SMILES string of the molecule is CSc1ccc(C2Nc3c(C(=O)NC(C)c4ccccc4)cccc3C3C=CCC32)cc1. The summed E-state index contributed by atoms with van der Waals surface area (Å²) in [7, 11) is 0. The van der Waals surface area contributed by atoms with E-state index in [0.29, 0.717) is 11.8 Å². The highest BCUT2D eigenvalue weighted by atomic mass is 32.2. The van der Waals surface area contributed by atoms with Gasteiger partial charge in [0.25, 0.3) is 5.91 Å². The van der Waals surface area contributed by atoms with Gasteiger partial charge in [-0.3, -0.25) is 4.79 Å². The zero-order valence-electron chi connectivity index (χ0n) is 18.4. The maximum absolute atomic E-state index is 13.3. The number of thioether (sulfide) groups is 1. The van der Waals surface area contributed by atoms with Gasteiger partial charge in [0.1, 0.15) is 0 Å². The minimum Gasteiger partial charge on any atom is -0.377 e. The van der Waals surface area contributed by atoms with Crippen LogP contribution in [0.4, 0.5) is 5.69 Å². The Balaban J connectivity index is 1.47. The molecule has 4 unspecified atom stereocenters. The van der Waals surface area contributed by atoms with Gasteiger partial charge in [-0.1, -0.05) is 66.7 Å². The third-order valence-corrected chi connectivity index (χ3v) is 7.51. The van der Waals surface area contributed by atoms with Gasteiger partial charge in [0, 0.05) is 10.8 Å². The molecule has 3 nitrogen and oxygen atoms in total. The number of fused-ring (bicyclic) bond motifs is 3. The lowest BCUT2D eigenvalue weighted by Crippen LogP contribution is -2.32. The number of benzene rings is 3. The number of hydrogen-bond donors (Lipinski definition) is 2. The normalized spacial score (nSPS) is 21.9. The molecular formula is C28H28N2OS. The smallest absolute Gasteiger partial charge is 0.253 e. The lowest BCUT2D eigenvalue weighted by atomic mass is 9.76. The summed E-state index contributed by atoms with van der Waals surface area (Å²) in [6.07, 6.45) is 7.76. The Kier molecular flexibility index (Phi) is 5.79. The average molecular weight is 441 g/mol. The molecule has 0 saturated carbocycles. The first kappa shape index (κ1) is 20.9. The number of carbonyl (C=O) groups excluding carboxylic acids is 1. The molecule has 5 rings (SSSR count). The molecule has 0 radical (unpaired) electrons. The van der Waals surface area contributed by atoms with E-state index in [9.17, 15) is 4.79 Å². The number of nitrogens with one attached hydrogen (secondary N) is 2. The Labute approximate surface area is 194 Å². The van der Waals surface area contributed by atoms with Crippen molar-refractivity contribution in [3.63, 3.8) is 0 Å². The zero-order valence-corrected chi connectivity index (χ0v) is 19.2. The second kappa shape index (κ2) is 8.87. The highest BCUT2D eigenvalue weighted by Gasteiger charge is 2.39. The van der Waals surface area contributed by atoms with Crippen molar-refractivity contribution in [1.29, 1.82) is 0 Å². The Hall–Kier alpha value is -2.98. The fourth-order valence-electron chi connectivity index (χ4n) is 5.05. The molecule has 0 saturated heterocycles. The molecule has 162 valence electrons. The molecule has 32 heavy (non-hydrogen) atoms. The van der Waals surface area contributed by atoms with Gasteiger partial charge in [-0.2, -0.15) is 0 Å². The van der Waals surface area contributed by atoms with Gasteiger partial charge in [0.05, 0.1) is 23.3 Å². The van der Waals surface area contributed by atoms with E-state index < -0.39 is 0 Å². The summed E-state index contributed by atoms with van der Waals surface area (Å²) < 4.78 is 0. The van der Waals surface area contributed by atoms with Crippen LogP contribution in [0.5, 0.6) is 0 Å². The molecule has 0 fully saturated rings. The Morgan fingerprint density at radius 2 is 1.81 bits per heavy atom. The van der Waals surface area contributed by atoms with Crippen LogP contribution >= 0.6 is 11.8 Å². The van der Waals surface area contributed by atoms with E-state index in [2.05, 4.69) is 59.4 Å². The van der Waals surface area contributed by atoms with Crippen molar-refractivity contribution >= 4 is 23.4 Å². The zero-order chi connectivity index (χ0) is 22.1. The van der Waals surface area contributed by atoms with Gasteiger partial charge in [-0.15, -0.1) is 11.8 Å². The van der Waals surface area contributed by atoms with Crippen molar-refractivity contribution in [2.45, 2.75) is 36.2 Å². The first-order valence-electron chi connectivity index (χ1n) is 11.2. The fraction of sp³-hybridized carbons (Fsp3) is 0.250.